The number of nitro groups is 1. The Balaban J connectivity index is 0.866. The van der Waals surface area contributed by atoms with Gasteiger partial charge >= 0.3 is 0 Å². The van der Waals surface area contributed by atoms with E-state index in [0.29, 0.717) is 40.5 Å². The van der Waals surface area contributed by atoms with Crippen molar-refractivity contribution in [3.63, 3.8) is 0 Å². The summed E-state index contributed by atoms with van der Waals surface area (Å²) in [5.74, 6) is 0.457. The summed E-state index contributed by atoms with van der Waals surface area (Å²) in [6.45, 7) is 14.0. The average Bonchev–Trinajstić information content (AvgIpc) is 3.97. The molecular formula is C52H63N7O7S. The van der Waals surface area contributed by atoms with Crippen LogP contribution < -0.4 is 24.4 Å². The number of amides is 1. The van der Waals surface area contributed by atoms with Crippen LogP contribution in [0.4, 0.5) is 17.1 Å². The molecule has 10 rings (SSSR count). The summed E-state index contributed by atoms with van der Waals surface area (Å²) in [4.78, 5) is 38.5. The van der Waals surface area contributed by atoms with Crippen molar-refractivity contribution in [3.8, 4) is 17.2 Å². The second-order valence-electron chi connectivity index (χ2n) is 21.1. The number of hydrogen-bond acceptors (Lipinski definition) is 11. The zero-order chi connectivity index (χ0) is 46.8. The number of aryl methyl sites for hydroxylation is 1. The van der Waals surface area contributed by atoms with Gasteiger partial charge in [0, 0.05) is 60.6 Å². The zero-order valence-corrected chi connectivity index (χ0v) is 40.1. The van der Waals surface area contributed by atoms with E-state index < -0.39 is 31.4 Å². The van der Waals surface area contributed by atoms with Crippen molar-refractivity contribution in [2.24, 2.45) is 16.7 Å². The zero-order valence-electron chi connectivity index (χ0n) is 39.3. The quantitative estimate of drug-likeness (QED) is 0.0850. The first-order valence-corrected chi connectivity index (χ1v) is 25.7. The van der Waals surface area contributed by atoms with Crippen LogP contribution in [0.2, 0.25) is 0 Å². The number of fused-ring (bicyclic) bond motifs is 2. The van der Waals surface area contributed by atoms with Gasteiger partial charge in [-0.05, 0) is 136 Å². The highest BCUT2D eigenvalue weighted by molar-refractivity contribution is 7.90. The van der Waals surface area contributed by atoms with Crippen molar-refractivity contribution in [2.45, 2.75) is 128 Å². The molecule has 67 heavy (non-hydrogen) atoms. The number of carbonyl (C=O) groups is 1. The molecule has 2 aromatic heterocycles. The number of pyridine rings is 1. The van der Waals surface area contributed by atoms with E-state index in [4.69, 9.17) is 9.47 Å². The molecule has 2 saturated heterocycles. The summed E-state index contributed by atoms with van der Waals surface area (Å²) in [7, 11) is -4.64. The molecule has 1 amide bonds. The Morgan fingerprint density at radius 2 is 1.73 bits per heavy atom. The number of hydrogen-bond donors (Lipinski definition) is 3. The van der Waals surface area contributed by atoms with Crippen LogP contribution in [-0.2, 0) is 10.0 Å². The SMILES string of the molecule is Cc1nc2[nH]ccc2cc1Oc1cc(N2CCC3(CC2)CC(N2CCC[C@H]2c2ccccc2C(C)C)C3)ccc1C(=O)NS(=O)(=O)c1cc2c(c([N+](=O)[O-])c1)N[C@@H](C1CCC(C)(C)CC1)CO2. The molecule has 5 heterocycles. The Morgan fingerprint density at radius 1 is 0.970 bits per heavy atom. The molecule has 2 aliphatic carbocycles. The van der Waals surface area contributed by atoms with Crippen LogP contribution >= 0.6 is 0 Å². The number of aromatic nitrogens is 2. The highest BCUT2D eigenvalue weighted by Crippen LogP contribution is 2.54. The summed E-state index contributed by atoms with van der Waals surface area (Å²) in [5.41, 5.74) is 5.35. The third-order valence-electron chi connectivity index (χ3n) is 15.9. The van der Waals surface area contributed by atoms with Crippen molar-refractivity contribution in [1.82, 2.24) is 19.6 Å². The van der Waals surface area contributed by atoms with E-state index in [1.165, 1.54) is 42.9 Å². The largest absolute Gasteiger partial charge is 0.489 e. The van der Waals surface area contributed by atoms with Crippen molar-refractivity contribution in [2.75, 3.05) is 36.5 Å². The monoisotopic (exact) mass is 929 g/mol. The number of piperidine rings is 1. The predicted molar refractivity (Wildman–Crippen MR) is 260 cm³/mol. The minimum absolute atomic E-state index is 0.0145. The van der Waals surface area contributed by atoms with Gasteiger partial charge in [-0.2, -0.15) is 0 Å². The van der Waals surface area contributed by atoms with E-state index >= 15 is 0 Å². The first-order valence-electron chi connectivity index (χ1n) is 24.2. The third-order valence-corrected chi connectivity index (χ3v) is 17.2. The van der Waals surface area contributed by atoms with Crippen molar-refractivity contribution < 1.29 is 27.6 Å². The molecule has 3 aromatic carbocycles. The lowest BCUT2D eigenvalue weighted by atomic mass is 9.59. The maximum atomic E-state index is 14.2. The molecule has 2 saturated carbocycles. The van der Waals surface area contributed by atoms with Crippen LogP contribution in [0.15, 0.2) is 77.8 Å². The number of likely N-dealkylation sites (tertiary alicyclic amines) is 1. The Hall–Kier alpha value is -5.67. The number of rotatable bonds is 11. The maximum Gasteiger partial charge on any atom is 0.297 e. The molecule has 3 N–H and O–H groups in total. The molecule has 3 aliphatic heterocycles. The number of carbonyl (C=O) groups excluding carboxylic acids is 1. The van der Waals surface area contributed by atoms with E-state index in [9.17, 15) is 23.3 Å². The molecule has 5 aromatic rings. The van der Waals surface area contributed by atoms with Gasteiger partial charge in [0.25, 0.3) is 21.6 Å². The first kappa shape index (κ1) is 45.1. The molecule has 1 spiro atoms. The minimum Gasteiger partial charge on any atom is -0.489 e. The molecule has 0 bridgehead atoms. The van der Waals surface area contributed by atoms with Gasteiger partial charge in [0.15, 0.2) is 11.4 Å². The van der Waals surface area contributed by atoms with Crippen molar-refractivity contribution in [3.05, 3.63) is 105 Å². The minimum atomic E-state index is -4.64. The van der Waals surface area contributed by atoms with Gasteiger partial charge in [-0.15, -0.1) is 0 Å². The van der Waals surface area contributed by atoms with Crippen LogP contribution in [0.25, 0.3) is 11.0 Å². The number of nitro benzene ring substituents is 1. The van der Waals surface area contributed by atoms with Gasteiger partial charge in [0.2, 0.25) is 0 Å². The number of ether oxygens (including phenoxy) is 2. The van der Waals surface area contributed by atoms with E-state index in [2.05, 4.69) is 81.8 Å². The molecule has 15 heteroatoms. The fourth-order valence-electron chi connectivity index (χ4n) is 11.8. The number of sulfonamides is 1. The molecule has 2 atom stereocenters. The van der Waals surface area contributed by atoms with Crippen molar-refractivity contribution >= 4 is 44.0 Å². The lowest BCUT2D eigenvalue weighted by Gasteiger charge is -2.56. The summed E-state index contributed by atoms with van der Waals surface area (Å²) >= 11 is 0. The number of anilines is 2. The summed E-state index contributed by atoms with van der Waals surface area (Å²) in [6, 6.07) is 21.1. The Labute approximate surface area is 393 Å². The third kappa shape index (κ3) is 8.85. The van der Waals surface area contributed by atoms with E-state index in [0.717, 1.165) is 75.3 Å². The Morgan fingerprint density at radius 3 is 2.48 bits per heavy atom. The molecule has 354 valence electrons. The van der Waals surface area contributed by atoms with Gasteiger partial charge < -0.3 is 24.7 Å². The van der Waals surface area contributed by atoms with Gasteiger partial charge in [-0.25, -0.2) is 18.1 Å². The molecule has 14 nitrogen and oxygen atoms in total. The molecule has 0 unspecified atom stereocenters. The van der Waals surface area contributed by atoms with Crippen LogP contribution in [0, 0.1) is 33.8 Å². The topological polar surface area (TPSA) is 172 Å². The molecule has 4 fully saturated rings. The molecule has 0 radical (unpaired) electrons. The Bertz CT molecular complexity index is 2820. The smallest absolute Gasteiger partial charge is 0.297 e. The van der Waals surface area contributed by atoms with Gasteiger partial charge in [0.1, 0.15) is 23.8 Å². The van der Waals surface area contributed by atoms with Crippen LogP contribution in [0.3, 0.4) is 0 Å². The second kappa shape index (κ2) is 17.4. The van der Waals surface area contributed by atoms with E-state index in [1.807, 2.05) is 25.1 Å². The van der Waals surface area contributed by atoms with Gasteiger partial charge in [-0.1, -0.05) is 52.0 Å². The second-order valence-corrected chi connectivity index (χ2v) is 22.8. The van der Waals surface area contributed by atoms with Gasteiger partial charge in [-0.3, -0.25) is 19.8 Å². The molecular weight excluding hydrogens is 867 g/mol. The van der Waals surface area contributed by atoms with Crippen molar-refractivity contribution in [1.29, 1.82) is 0 Å². The van der Waals surface area contributed by atoms with Crippen LogP contribution in [0.5, 0.6) is 17.2 Å². The van der Waals surface area contributed by atoms with Crippen LogP contribution in [-0.4, -0.2) is 72.4 Å². The predicted octanol–water partition coefficient (Wildman–Crippen LogP) is 10.8. The summed E-state index contributed by atoms with van der Waals surface area (Å²) in [5, 5.41) is 16.6. The first-order chi connectivity index (χ1) is 32.1. The standard InChI is InChI=1S/C52H63N7O7S/c1-32(2)39-9-6-7-10-40(39)43-11-8-22-58(43)37-29-52(30-37)19-23-57(24-20-52)36-12-13-41(46(26-36)66-45-25-35-16-21-53-49(35)54-33(45)3)50(60)56-67(63,64)38-27-44(59(61)62)48-47(28-38)65-31-42(55-48)34-14-17-51(4,5)18-15-34/h6-7,9-10,12-13,16,21,25-28,32,34,37,42-43,55H,8,11,14-15,17-20,22-24,29-31H2,1-5H3,(H,53,54)(H,56,60)/t42-,43+/m1/s1. The molecule has 5 aliphatic rings. The number of aromatic amines is 1. The van der Waals surface area contributed by atoms with Crippen LogP contribution in [0.1, 0.15) is 131 Å². The number of benzene rings is 3. The number of nitrogens with zero attached hydrogens (tertiary/aromatic N) is 4. The summed E-state index contributed by atoms with van der Waals surface area (Å²) in [6.07, 6.45) is 12.8. The fraction of sp³-hybridized carbons (Fsp3) is 0.500. The number of nitrogens with one attached hydrogen (secondary N) is 3. The van der Waals surface area contributed by atoms with E-state index in [1.54, 1.807) is 18.3 Å². The lowest BCUT2D eigenvalue weighted by molar-refractivity contribution is -0.384. The number of H-pyrrole nitrogens is 1. The fourth-order valence-corrected chi connectivity index (χ4v) is 12.8. The maximum absolute atomic E-state index is 14.2. The lowest BCUT2D eigenvalue weighted by Crippen LogP contribution is -2.54. The highest BCUT2D eigenvalue weighted by atomic mass is 32.2. The highest BCUT2D eigenvalue weighted by Gasteiger charge is 2.50. The van der Waals surface area contributed by atoms with Gasteiger partial charge in [0.05, 0.1) is 27.1 Å². The van der Waals surface area contributed by atoms with E-state index in [-0.39, 0.29) is 46.7 Å². The Kier molecular flexibility index (Phi) is 11.8. The summed E-state index contributed by atoms with van der Waals surface area (Å²) < 4.78 is 42.8. The average molecular weight is 930 g/mol. The normalized spacial score (nSPS) is 22.0.